The van der Waals surface area contributed by atoms with Crippen molar-refractivity contribution < 1.29 is 69.1 Å². The van der Waals surface area contributed by atoms with Gasteiger partial charge in [0.1, 0.15) is 5.75 Å². The van der Waals surface area contributed by atoms with E-state index in [1.807, 2.05) is 0 Å². The summed E-state index contributed by atoms with van der Waals surface area (Å²) in [6, 6.07) is 1.27. The van der Waals surface area contributed by atoms with Crippen LogP contribution < -0.4 is 56.1 Å². The van der Waals surface area contributed by atoms with Crippen LogP contribution in [0.2, 0.25) is 5.02 Å². The van der Waals surface area contributed by atoms with Gasteiger partial charge in [0.05, 0.1) is 17.7 Å². The Morgan fingerprint density at radius 3 is 2.50 bits per heavy atom. The largest absolute Gasteiger partial charge is 1.00 e. The number of ether oxygens (including phenoxy) is 1. The second-order valence-corrected chi connectivity index (χ2v) is 2.80. The van der Waals surface area contributed by atoms with Crippen LogP contribution in [0.25, 0.3) is 0 Å². The number of aromatic nitrogens is 1. The van der Waals surface area contributed by atoms with E-state index >= 15 is 0 Å². The predicted molar refractivity (Wildman–Crippen MR) is 43.8 cm³/mol. The molecule has 0 bridgehead atoms. The van der Waals surface area contributed by atoms with Crippen molar-refractivity contribution in [3.63, 3.8) is 0 Å². The van der Waals surface area contributed by atoms with Gasteiger partial charge in [-0.3, -0.25) is 4.98 Å². The topological polar surface area (TPSA) is 22.1 Å². The van der Waals surface area contributed by atoms with Gasteiger partial charge in [0.25, 0.3) is 0 Å². The van der Waals surface area contributed by atoms with Gasteiger partial charge in [-0.15, -0.1) is 0 Å². The van der Waals surface area contributed by atoms with Crippen molar-refractivity contribution in [1.29, 1.82) is 0 Å². The van der Waals surface area contributed by atoms with Crippen LogP contribution in [0.5, 0.6) is 5.75 Å². The van der Waals surface area contributed by atoms with Crippen LogP contribution in [-0.2, 0) is 0 Å². The quantitative estimate of drug-likeness (QED) is 0.674. The molecule has 0 saturated carbocycles. The van der Waals surface area contributed by atoms with E-state index in [2.05, 4.69) is 9.72 Å². The maximum absolute atomic E-state index is 11.7. The van der Waals surface area contributed by atoms with E-state index < -0.39 is 13.5 Å². The average molecular weight is 249 g/mol. The Labute approximate surface area is 127 Å². The molecule has 8 heteroatoms. The van der Waals surface area contributed by atoms with Crippen LogP contribution in [0.3, 0.4) is 0 Å². The van der Waals surface area contributed by atoms with Crippen LogP contribution in [0.15, 0.2) is 18.5 Å². The summed E-state index contributed by atoms with van der Waals surface area (Å²) in [5.74, 6) is 0.0201. The van der Waals surface area contributed by atoms with E-state index in [4.69, 9.17) is 11.6 Å². The fourth-order valence-electron chi connectivity index (χ4n) is 0.662. The average Bonchev–Trinajstić information content (AvgIpc) is 2.00. The number of rotatable bonds is 3. The van der Waals surface area contributed by atoms with Crippen molar-refractivity contribution in [3.8, 4) is 5.75 Å². The molecule has 0 radical (unpaired) electrons. The van der Waals surface area contributed by atoms with Gasteiger partial charge in [0.2, 0.25) is 0 Å². The molecule has 0 saturated heterocycles. The molecular formula is C6H5BClF3KNO. The number of hydrogen-bond acceptors (Lipinski definition) is 2. The van der Waals surface area contributed by atoms with Crippen molar-refractivity contribution in [2.45, 2.75) is 0 Å². The van der Waals surface area contributed by atoms with E-state index in [9.17, 15) is 12.9 Å². The summed E-state index contributed by atoms with van der Waals surface area (Å²) in [5, 5.41) is 0.243. The number of nitrogens with zero attached hydrogens (tertiary/aromatic N) is 1. The van der Waals surface area contributed by atoms with Crippen LogP contribution in [0, 0.1) is 0 Å². The number of pyridine rings is 1. The van der Waals surface area contributed by atoms with Crippen LogP contribution in [-0.4, -0.2) is 18.5 Å². The van der Waals surface area contributed by atoms with E-state index in [0.717, 1.165) is 0 Å². The first kappa shape index (κ1) is 14.7. The van der Waals surface area contributed by atoms with Gasteiger partial charge in [-0.25, -0.2) is 0 Å². The summed E-state index contributed by atoms with van der Waals surface area (Å²) in [5.41, 5.74) is 0. The van der Waals surface area contributed by atoms with E-state index in [1.54, 1.807) is 0 Å². The normalized spacial score (nSPS) is 10.6. The molecule has 0 N–H and O–H groups in total. The second-order valence-electron chi connectivity index (χ2n) is 2.36. The van der Waals surface area contributed by atoms with Crippen molar-refractivity contribution >= 4 is 18.6 Å². The molecule has 0 amide bonds. The first-order chi connectivity index (χ1) is 5.97. The molecule has 1 aromatic rings. The van der Waals surface area contributed by atoms with Gasteiger partial charge >= 0.3 is 58.4 Å². The third kappa shape index (κ3) is 6.26. The first-order valence-electron chi connectivity index (χ1n) is 3.42. The number of halogens is 4. The molecule has 1 heterocycles. The second kappa shape index (κ2) is 6.34. The molecule has 1 rings (SSSR count). The maximum Gasteiger partial charge on any atom is 1.00 e. The van der Waals surface area contributed by atoms with Crippen LogP contribution in [0.1, 0.15) is 0 Å². The van der Waals surface area contributed by atoms with E-state index in [-0.39, 0.29) is 62.2 Å². The molecule has 0 fully saturated rings. The van der Waals surface area contributed by atoms with Crippen molar-refractivity contribution in [1.82, 2.24) is 4.98 Å². The molecule has 1 aromatic heterocycles. The fraction of sp³-hybridized carbons (Fsp3) is 0.167. The molecule has 2 nitrogen and oxygen atoms in total. The fourth-order valence-corrected chi connectivity index (χ4v) is 0.826. The molecule has 14 heavy (non-hydrogen) atoms. The zero-order chi connectivity index (χ0) is 9.90. The SMILES string of the molecule is F[B-](F)(F)COc1cncc(Cl)c1.[K+]. The Hall–Kier alpha value is 0.731. The minimum Gasteiger partial charge on any atom is -0.520 e. The zero-order valence-electron chi connectivity index (χ0n) is 7.38. The van der Waals surface area contributed by atoms with Gasteiger partial charge in [-0.1, -0.05) is 11.6 Å². The summed E-state index contributed by atoms with van der Waals surface area (Å²) in [7, 11) is 0. The predicted octanol–water partition coefficient (Wildman–Crippen LogP) is -0.496. The van der Waals surface area contributed by atoms with Gasteiger partial charge in [0.15, 0.2) is 0 Å². The van der Waals surface area contributed by atoms with Gasteiger partial charge in [-0.05, 0) is 0 Å². The van der Waals surface area contributed by atoms with Crippen LogP contribution >= 0.6 is 11.6 Å². The first-order valence-corrected chi connectivity index (χ1v) is 3.79. The molecule has 0 aliphatic rings. The van der Waals surface area contributed by atoms with Crippen molar-refractivity contribution in [3.05, 3.63) is 23.5 Å². The number of hydrogen-bond donors (Lipinski definition) is 0. The Morgan fingerprint density at radius 1 is 1.36 bits per heavy atom. The molecule has 72 valence electrons. The summed E-state index contributed by atoms with van der Waals surface area (Å²) in [6.07, 6.45) is 2.49. The Balaban J connectivity index is 0.00000169. The Kier molecular flexibility index (Phi) is 6.67. The van der Waals surface area contributed by atoms with Gasteiger partial charge in [-0.2, -0.15) is 0 Å². The van der Waals surface area contributed by atoms with Crippen molar-refractivity contribution in [2.24, 2.45) is 0 Å². The minimum atomic E-state index is -4.93. The monoisotopic (exact) mass is 249 g/mol. The Bertz CT molecular complexity index is 299. The van der Waals surface area contributed by atoms with Crippen molar-refractivity contribution in [2.75, 3.05) is 6.51 Å². The third-order valence-electron chi connectivity index (χ3n) is 1.12. The summed E-state index contributed by atoms with van der Waals surface area (Å²) < 4.78 is 39.6. The third-order valence-corrected chi connectivity index (χ3v) is 1.33. The summed E-state index contributed by atoms with van der Waals surface area (Å²) >= 11 is 5.48. The maximum atomic E-state index is 11.7. The van der Waals surface area contributed by atoms with Gasteiger partial charge in [0, 0.05) is 12.3 Å². The molecule has 0 unspecified atom stereocenters. The van der Waals surface area contributed by atoms with Gasteiger partial charge < -0.3 is 17.7 Å². The molecular weight excluding hydrogens is 244 g/mol. The smallest absolute Gasteiger partial charge is 0.520 e. The molecule has 0 aliphatic heterocycles. The molecule has 0 aromatic carbocycles. The minimum absolute atomic E-state index is 0. The van der Waals surface area contributed by atoms with Crippen LogP contribution in [0.4, 0.5) is 12.9 Å². The van der Waals surface area contributed by atoms with E-state index in [0.29, 0.717) is 0 Å². The Morgan fingerprint density at radius 2 is 2.00 bits per heavy atom. The zero-order valence-corrected chi connectivity index (χ0v) is 11.3. The standard InChI is InChI=1S/C6H5BClF3NO.K/c8-5-1-6(3-12-2-5)13-4-7(9,10)11;/h1-3H,4H2;/q-1;+1. The molecule has 0 atom stereocenters. The summed E-state index contributed by atoms with van der Waals surface area (Å²) in [6.45, 7) is -6.21. The molecule has 0 aliphatic carbocycles. The van der Waals surface area contributed by atoms with E-state index in [1.165, 1.54) is 18.5 Å². The molecule has 0 spiro atoms. The summed E-state index contributed by atoms with van der Waals surface area (Å²) in [4.78, 5) is 3.57.